The highest BCUT2D eigenvalue weighted by molar-refractivity contribution is 14.1. The number of hydrogen-bond acceptors (Lipinski definition) is 4. The Morgan fingerprint density at radius 1 is 1.26 bits per heavy atom. The number of phenols is 1. The molecule has 7 heteroatoms. The van der Waals surface area contributed by atoms with Gasteiger partial charge in [0.25, 0.3) is 0 Å². The van der Waals surface area contributed by atoms with Gasteiger partial charge in [-0.15, -0.1) is 0 Å². The van der Waals surface area contributed by atoms with Crippen molar-refractivity contribution < 1.29 is 14.3 Å². The number of hydrogen-bond donors (Lipinski definition) is 2. The van der Waals surface area contributed by atoms with Crippen molar-refractivity contribution in [2.75, 3.05) is 0 Å². The SMILES string of the molecule is O=C(N/N=C/c1ccc(O)c(I)c1)c1cc2cc(Br)ccc2o1. The third-order valence-corrected chi connectivity index (χ3v) is 4.41. The molecule has 2 N–H and O–H groups in total. The molecule has 23 heavy (non-hydrogen) atoms. The summed E-state index contributed by atoms with van der Waals surface area (Å²) < 4.78 is 7.10. The second-order valence-electron chi connectivity index (χ2n) is 4.70. The Morgan fingerprint density at radius 3 is 2.87 bits per heavy atom. The van der Waals surface area contributed by atoms with Crippen molar-refractivity contribution >= 4 is 61.6 Å². The summed E-state index contributed by atoms with van der Waals surface area (Å²) in [6, 6.07) is 12.2. The number of benzene rings is 2. The first-order chi connectivity index (χ1) is 11.0. The van der Waals surface area contributed by atoms with E-state index in [4.69, 9.17) is 4.42 Å². The van der Waals surface area contributed by atoms with Gasteiger partial charge in [-0.2, -0.15) is 5.10 Å². The van der Waals surface area contributed by atoms with Crippen LogP contribution in [0.4, 0.5) is 0 Å². The average Bonchev–Trinajstić information content (AvgIpc) is 2.94. The molecule has 0 saturated heterocycles. The number of amides is 1. The number of aromatic hydroxyl groups is 1. The predicted molar refractivity (Wildman–Crippen MR) is 99.8 cm³/mol. The van der Waals surface area contributed by atoms with Crippen molar-refractivity contribution in [3.8, 4) is 5.75 Å². The van der Waals surface area contributed by atoms with E-state index >= 15 is 0 Å². The molecule has 0 radical (unpaired) electrons. The lowest BCUT2D eigenvalue weighted by Crippen LogP contribution is -2.16. The fraction of sp³-hybridized carbons (Fsp3) is 0. The lowest BCUT2D eigenvalue weighted by Gasteiger charge is -1.98. The van der Waals surface area contributed by atoms with Gasteiger partial charge in [0.2, 0.25) is 0 Å². The maximum Gasteiger partial charge on any atom is 0.307 e. The fourth-order valence-electron chi connectivity index (χ4n) is 1.95. The van der Waals surface area contributed by atoms with Crippen LogP contribution in [0.2, 0.25) is 0 Å². The van der Waals surface area contributed by atoms with Gasteiger partial charge < -0.3 is 9.52 Å². The molecule has 0 spiro atoms. The summed E-state index contributed by atoms with van der Waals surface area (Å²) in [5.74, 6) is -0.0298. The van der Waals surface area contributed by atoms with Gasteiger partial charge in [0.05, 0.1) is 9.78 Å². The highest BCUT2D eigenvalue weighted by Gasteiger charge is 2.11. The van der Waals surface area contributed by atoms with E-state index in [0.29, 0.717) is 9.15 Å². The summed E-state index contributed by atoms with van der Waals surface area (Å²) in [5.41, 5.74) is 3.82. The average molecular weight is 485 g/mol. The van der Waals surface area contributed by atoms with Gasteiger partial charge in [-0.3, -0.25) is 4.79 Å². The third-order valence-electron chi connectivity index (χ3n) is 3.05. The van der Waals surface area contributed by atoms with Crippen LogP contribution in [0.15, 0.2) is 56.5 Å². The van der Waals surface area contributed by atoms with E-state index in [-0.39, 0.29) is 11.5 Å². The lowest BCUT2D eigenvalue weighted by atomic mass is 10.2. The number of phenolic OH excluding ortho intramolecular Hbond substituents is 1. The molecule has 5 nitrogen and oxygen atoms in total. The fourth-order valence-corrected chi connectivity index (χ4v) is 2.87. The summed E-state index contributed by atoms with van der Waals surface area (Å²) in [4.78, 5) is 12.0. The topological polar surface area (TPSA) is 74.8 Å². The van der Waals surface area contributed by atoms with E-state index < -0.39 is 5.91 Å². The number of hydrazone groups is 1. The van der Waals surface area contributed by atoms with Crippen LogP contribution < -0.4 is 5.43 Å². The smallest absolute Gasteiger partial charge is 0.307 e. The Balaban J connectivity index is 1.72. The van der Waals surface area contributed by atoms with Crippen LogP contribution in [-0.4, -0.2) is 17.2 Å². The second kappa shape index (κ2) is 6.71. The molecule has 0 aliphatic carbocycles. The zero-order valence-electron chi connectivity index (χ0n) is 11.6. The number of fused-ring (bicyclic) bond motifs is 1. The molecule has 0 atom stereocenters. The van der Waals surface area contributed by atoms with Crippen molar-refractivity contribution in [3.05, 3.63) is 61.8 Å². The molecular weight excluding hydrogens is 475 g/mol. The monoisotopic (exact) mass is 484 g/mol. The molecule has 1 amide bonds. The highest BCUT2D eigenvalue weighted by Crippen LogP contribution is 2.23. The molecule has 0 aliphatic heterocycles. The minimum Gasteiger partial charge on any atom is -0.507 e. The third kappa shape index (κ3) is 3.73. The molecular formula is C16H10BrIN2O3. The van der Waals surface area contributed by atoms with Gasteiger partial charge >= 0.3 is 5.91 Å². The molecule has 1 heterocycles. The molecule has 3 rings (SSSR count). The first-order valence-corrected chi connectivity index (χ1v) is 8.41. The van der Waals surface area contributed by atoms with Crippen LogP contribution in [0.5, 0.6) is 5.75 Å². The summed E-state index contributed by atoms with van der Waals surface area (Å²) in [7, 11) is 0. The normalized spacial score (nSPS) is 11.2. The first kappa shape index (κ1) is 16.0. The van der Waals surface area contributed by atoms with Crippen molar-refractivity contribution in [1.29, 1.82) is 0 Å². The molecule has 0 fully saturated rings. The van der Waals surface area contributed by atoms with Crippen LogP contribution in [0.25, 0.3) is 11.0 Å². The first-order valence-electron chi connectivity index (χ1n) is 6.54. The Hall–Kier alpha value is -1.87. The van der Waals surface area contributed by atoms with Gasteiger partial charge in [0.1, 0.15) is 11.3 Å². The second-order valence-corrected chi connectivity index (χ2v) is 6.78. The van der Waals surface area contributed by atoms with Gasteiger partial charge in [-0.05, 0) is 70.6 Å². The van der Waals surface area contributed by atoms with Crippen molar-refractivity contribution in [2.24, 2.45) is 5.10 Å². The van der Waals surface area contributed by atoms with Gasteiger partial charge in [0, 0.05) is 9.86 Å². The van der Waals surface area contributed by atoms with Crippen molar-refractivity contribution in [2.45, 2.75) is 0 Å². The van der Waals surface area contributed by atoms with E-state index in [1.165, 1.54) is 6.21 Å². The van der Waals surface area contributed by atoms with Crippen LogP contribution in [0.3, 0.4) is 0 Å². The number of halogens is 2. The van der Waals surface area contributed by atoms with Gasteiger partial charge in [-0.1, -0.05) is 15.9 Å². The van der Waals surface area contributed by atoms with Crippen LogP contribution >= 0.6 is 38.5 Å². The van der Waals surface area contributed by atoms with Gasteiger partial charge in [-0.25, -0.2) is 5.43 Å². The summed E-state index contributed by atoms with van der Waals surface area (Å²) in [5, 5.41) is 14.2. The zero-order valence-corrected chi connectivity index (χ0v) is 15.3. The molecule has 0 aliphatic rings. The molecule has 0 bridgehead atoms. The lowest BCUT2D eigenvalue weighted by molar-refractivity contribution is 0.0929. The minimum absolute atomic E-state index is 0.190. The summed E-state index contributed by atoms with van der Waals surface area (Å²) >= 11 is 5.39. The number of carbonyl (C=O) groups is 1. The highest BCUT2D eigenvalue weighted by atomic mass is 127. The van der Waals surface area contributed by atoms with E-state index in [0.717, 1.165) is 15.4 Å². The molecule has 1 aromatic heterocycles. The number of furan rings is 1. The van der Waals surface area contributed by atoms with Crippen LogP contribution in [0.1, 0.15) is 16.1 Å². The number of nitrogens with one attached hydrogen (secondary N) is 1. The van der Waals surface area contributed by atoms with Crippen LogP contribution in [0, 0.1) is 3.57 Å². The molecule has 3 aromatic rings. The van der Waals surface area contributed by atoms with Crippen LogP contribution in [-0.2, 0) is 0 Å². The van der Waals surface area contributed by atoms with E-state index in [1.807, 2.05) is 34.7 Å². The number of carbonyl (C=O) groups excluding carboxylic acids is 1. The van der Waals surface area contributed by atoms with Crippen molar-refractivity contribution in [3.63, 3.8) is 0 Å². The Labute approximate surface area is 153 Å². The Kier molecular flexibility index (Phi) is 4.67. The maximum atomic E-state index is 12.0. The Bertz CT molecular complexity index is 921. The molecule has 0 unspecified atom stereocenters. The van der Waals surface area contributed by atoms with Crippen molar-refractivity contribution in [1.82, 2.24) is 5.43 Å². The maximum absolute atomic E-state index is 12.0. The van der Waals surface area contributed by atoms with E-state index in [9.17, 15) is 9.90 Å². The zero-order chi connectivity index (χ0) is 16.4. The quantitative estimate of drug-likeness (QED) is 0.331. The minimum atomic E-state index is -0.429. The standard InChI is InChI=1S/C16H10BrIN2O3/c17-11-2-4-14-10(6-11)7-15(23-14)16(22)20-19-8-9-1-3-13(21)12(18)5-9/h1-8,21H,(H,20,22)/b19-8+. The Morgan fingerprint density at radius 2 is 2.09 bits per heavy atom. The van der Waals surface area contributed by atoms with E-state index in [1.54, 1.807) is 30.3 Å². The van der Waals surface area contributed by atoms with E-state index in [2.05, 4.69) is 26.5 Å². The molecule has 2 aromatic carbocycles. The summed E-state index contributed by atoms with van der Waals surface area (Å²) in [6.07, 6.45) is 1.50. The largest absolute Gasteiger partial charge is 0.507 e. The predicted octanol–water partition coefficient (Wildman–Crippen LogP) is 4.27. The number of rotatable bonds is 3. The molecule has 116 valence electrons. The number of nitrogens with zero attached hydrogens (tertiary/aromatic N) is 1. The van der Waals surface area contributed by atoms with Gasteiger partial charge in [0.15, 0.2) is 5.76 Å². The molecule has 0 saturated carbocycles. The summed E-state index contributed by atoms with van der Waals surface area (Å²) in [6.45, 7) is 0.